The Balaban J connectivity index is 2.24. The van der Waals surface area contributed by atoms with Gasteiger partial charge in [-0.25, -0.2) is 0 Å². The van der Waals surface area contributed by atoms with E-state index in [0.29, 0.717) is 5.69 Å². The molecule has 2 heterocycles. The normalized spacial score (nSPS) is 29.4. The van der Waals surface area contributed by atoms with Crippen molar-refractivity contribution in [1.82, 2.24) is 5.16 Å². The van der Waals surface area contributed by atoms with E-state index in [4.69, 9.17) is 15.0 Å². The topological polar surface area (TPSA) is 61.3 Å². The summed E-state index contributed by atoms with van der Waals surface area (Å²) in [5.74, 6) is 1.06. The maximum Gasteiger partial charge on any atom is 0.165 e. The second kappa shape index (κ2) is 2.79. The summed E-state index contributed by atoms with van der Waals surface area (Å²) in [6, 6.07) is 0. The summed E-state index contributed by atoms with van der Waals surface area (Å²) in [5, 5.41) is 3.65. The molecule has 1 fully saturated rings. The average Bonchev–Trinajstić information content (AvgIpc) is 2.59. The van der Waals surface area contributed by atoms with Crippen LogP contribution in [0.15, 0.2) is 10.7 Å². The molecule has 0 radical (unpaired) electrons. The van der Waals surface area contributed by atoms with Crippen LogP contribution >= 0.6 is 0 Å². The van der Waals surface area contributed by atoms with Crippen LogP contribution < -0.4 is 5.73 Å². The molecule has 2 N–H and O–H groups in total. The van der Waals surface area contributed by atoms with Gasteiger partial charge in [0.15, 0.2) is 5.76 Å². The van der Waals surface area contributed by atoms with Gasteiger partial charge in [-0.1, -0.05) is 5.16 Å². The van der Waals surface area contributed by atoms with Crippen LogP contribution in [-0.2, 0) is 4.74 Å². The molecular weight excluding hydrogens is 156 g/mol. The van der Waals surface area contributed by atoms with E-state index in [1.165, 1.54) is 0 Å². The molecule has 2 unspecified atom stereocenters. The van der Waals surface area contributed by atoms with Gasteiger partial charge in [-0.05, 0) is 13.3 Å². The fourth-order valence-corrected chi connectivity index (χ4v) is 1.61. The molecule has 1 aliphatic rings. The Hall–Kier alpha value is -1.03. The SMILES string of the molecule is CC1OCCC1c1oncc1N. The summed E-state index contributed by atoms with van der Waals surface area (Å²) >= 11 is 0. The van der Waals surface area contributed by atoms with E-state index in [2.05, 4.69) is 5.16 Å². The molecule has 0 aliphatic carbocycles. The third kappa shape index (κ3) is 1.08. The highest BCUT2D eigenvalue weighted by atomic mass is 16.5. The van der Waals surface area contributed by atoms with Gasteiger partial charge in [0.25, 0.3) is 0 Å². The fourth-order valence-electron chi connectivity index (χ4n) is 1.61. The van der Waals surface area contributed by atoms with Crippen LogP contribution in [0.5, 0.6) is 0 Å². The van der Waals surface area contributed by atoms with E-state index in [9.17, 15) is 0 Å². The molecule has 0 spiro atoms. The Labute approximate surface area is 70.7 Å². The average molecular weight is 168 g/mol. The first-order valence-electron chi connectivity index (χ1n) is 4.10. The minimum atomic E-state index is 0.195. The zero-order valence-corrected chi connectivity index (χ0v) is 6.99. The molecule has 1 aromatic heterocycles. The van der Waals surface area contributed by atoms with Gasteiger partial charge in [0.05, 0.1) is 23.9 Å². The molecule has 12 heavy (non-hydrogen) atoms. The number of rotatable bonds is 1. The number of nitrogens with zero attached hydrogens (tertiary/aromatic N) is 1. The Kier molecular flexibility index (Phi) is 1.77. The van der Waals surface area contributed by atoms with Crippen molar-refractivity contribution >= 4 is 5.69 Å². The summed E-state index contributed by atoms with van der Waals surface area (Å²) in [7, 11) is 0. The molecule has 1 aromatic rings. The minimum absolute atomic E-state index is 0.195. The van der Waals surface area contributed by atoms with Crippen LogP contribution in [0.3, 0.4) is 0 Å². The third-order valence-electron chi connectivity index (χ3n) is 2.34. The highest BCUT2D eigenvalue weighted by Crippen LogP contribution is 2.33. The van der Waals surface area contributed by atoms with Crippen molar-refractivity contribution in [3.05, 3.63) is 12.0 Å². The number of ether oxygens (including phenoxy) is 1. The standard InChI is InChI=1S/C8H12N2O2/c1-5-6(2-3-11-5)8-7(9)4-10-12-8/h4-6H,2-3,9H2,1H3. The molecule has 0 bridgehead atoms. The summed E-state index contributed by atoms with van der Waals surface area (Å²) in [4.78, 5) is 0. The molecule has 66 valence electrons. The lowest BCUT2D eigenvalue weighted by atomic mass is 9.99. The van der Waals surface area contributed by atoms with E-state index in [1.807, 2.05) is 6.92 Å². The van der Waals surface area contributed by atoms with Crippen molar-refractivity contribution in [2.24, 2.45) is 0 Å². The first-order valence-corrected chi connectivity index (χ1v) is 4.10. The van der Waals surface area contributed by atoms with E-state index in [0.717, 1.165) is 18.8 Å². The van der Waals surface area contributed by atoms with Crippen LogP contribution in [0.2, 0.25) is 0 Å². The molecule has 0 saturated carbocycles. The Morgan fingerprint density at radius 3 is 3.00 bits per heavy atom. The summed E-state index contributed by atoms with van der Waals surface area (Å²) < 4.78 is 10.5. The van der Waals surface area contributed by atoms with Crippen molar-refractivity contribution < 1.29 is 9.26 Å². The van der Waals surface area contributed by atoms with Gasteiger partial charge in [0.2, 0.25) is 0 Å². The maximum atomic E-state index is 5.67. The third-order valence-corrected chi connectivity index (χ3v) is 2.34. The van der Waals surface area contributed by atoms with Gasteiger partial charge >= 0.3 is 0 Å². The molecule has 2 rings (SSSR count). The Morgan fingerprint density at radius 1 is 1.67 bits per heavy atom. The van der Waals surface area contributed by atoms with Crippen LogP contribution in [0, 0.1) is 0 Å². The summed E-state index contributed by atoms with van der Waals surface area (Å²) in [5.41, 5.74) is 6.31. The van der Waals surface area contributed by atoms with E-state index in [1.54, 1.807) is 6.20 Å². The van der Waals surface area contributed by atoms with Gasteiger partial charge in [-0.2, -0.15) is 0 Å². The van der Waals surface area contributed by atoms with Crippen molar-refractivity contribution in [2.45, 2.75) is 25.4 Å². The Morgan fingerprint density at radius 2 is 2.50 bits per heavy atom. The van der Waals surface area contributed by atoms with E-state index >= 15 is 0 Å². The monoisotopic (exact) mass is 168 g/mol. The molecule has 1 aliphatic heterocycles. The largest absolute Gasteiger partial charge is 0.395 e. The minimum Gasteiger partial charge on any atom is -0.395 e. The van der Waals surface area contributed by atoms with Crippen molar-refractivity contribution in [3.63, 3.8) is 0 Å². The van der Waals surface area contributed by atoms with Gasteiger partial charge in [0, 0.05) is 6.61 Å². The van der Waals surface area contributed by atoms with Crippen molar-refractivity contribution in [2.75, 3.05) is 12.3 Å². The number of hydrogen-bond acceptors (Lipinski definition) is 4. The lowest BCUT2D eigenvalue weighted by Gasteiger charge is -2.10. The highest BCUT2D eigenvalue weighted by Gasteiger charge is 2.30. The zero-order chi connectivity index (χ0) is 8.55. The van der Waals surface area contributed by atoms with Gasteiger partial charge in [0.1, 0.15) is 0 Å². The summed E-state index contributed by atoms with van der Waals surface area (Å²) in [6.07, 6.45) is 2.71. The predicted octanol–water partition coefficient (Wildman–Crippen LogP) is 1.15. The predicted molar refractivity (Wildman–Crippen MR) is 43.7 cm³/mol. The first-order chi connectivity index (χ1) is 5.79. The Bertz CT molecular complexity index is 272. The molecule has 2 atom stereocenters. The first kappa shape index (κ1) is 7.61. The van der Waals surface area contributed by atoms with Crippen LogP contribution in [0.1, 0.15) is 25.0 Å². The molecule has 0 amide bonds. The van der Waals surface area contributed by atoms with Crippen LogP contribution in [-0.4, -0.2) is 17.9 Å². The van der Waals surface area contributed by atoms with E-state index in [-0.39, 0.29) is 12.0 Å². The number of aromatic nitrogens is 1. The van der Waals surface area contributed by atoms with Crippen LogP contribution in [0.25, 0.3) is 0 Å². The van der Waals surface area contributed by atoms with Crippen LogP contribution in [0.4, 0.5) is 5.69 Å². The lowest BCUT2D eigenvalue weighted by Crippen LogP contribution is -2.09. The van der Waals surface area contributed by atoms with Crippen molar-refractivity contribution in [3.8, 4) is 0 Å². The molecule has 0 aromatic carbocycles. The fraction of sp³-hybridized carbons (Fsp3) is 0.625. The quantitative estimate of drug-likeness (QED) is 0.683. The lowest BCUT2D eigenvalue weighted by molar-refractivity contribution is 0.114. The van der Waals surface area contributed by atoms with Gasteiger partial charge < -0.3 is 15.0 Å². The van der Waals surface area contributed by atoms with Gasteiger partial charge in [-0.15, -0.1) is 0 Å². The molecule has 1 saturated heterocycles. The smallest absolute Gasteiger partial charge is 0.165 e. The number of nitrogen functional groups attached to an aromatic ring is 1. The second-order valence-corrected chi connectivity index (χ2v) is 3.12. The molecule has 4 nitrogen and oxygen atoms in total. The van der Waals surface area contributed by atoms with Gasteiger partial charge in [-0.3, -0.25) is 0 Å². The summed E-state index contributed by atoms with van der Waals surface area (Å²) in [6.45, 7) is 2.81. The maximum absolute atomic E-state index is 5.67. The van der Waals surface area contributed by atoms with Crippen molar-refractivity contribution in [1.29, 1.82) is 0 Å². The number of hydrogen-bond donors (Lipinski definition) is 1. The second-order valence-electron chi connectivity index (χ2n) is 3.12. The van der Waals surface area contributed by atoms with E-state index < -0.39 is 0 Å². The molecule has 4 heteroatoms. The number of anilines is 1. The molecular formula is C8H12N2O2. The zero-order valence-electron chi connectivity index (χ0n) is 6.99. The highest BCUT2D eigenvalue weighted by molar-refractivity contribution is 5.40. The number of nitrogens with two attached hydrogens (primary N) is 1.